The summed E-state index contributed by atoms with van der Waals surface area (Å²) < 4.78 is 0. The number of anilines is 1. The van der Waals surface area contributed by atoms with Crippen LogP contribution in [0.2, 0.25) is 5.02 Å². The van der Waals surface area contributed by atoms with E-state index < -0.39 is 5.91 Å². The number of aromatic nitrogens is 4. The smallest absolute Gasteiger partial charge is 0.248 e. The van der Waals surface area contributed by atoms with E-state index in [9.17, 15) is 9.59 Å². The molecular formula is C16H13ClN6O2. The third kappa shape index (κ3) is 3.99. The van der Waals surface area contributed by atoms with Gasteiger partial charge in [0.25, 0.3) is 0 Å². The second-order valence-corrected chi connectivity index (χ2v) is 5.52. The van der Waals surface area contributed by atoms with E-state index in [2.05, 4.69) is 20.7 Å². The summed E-state index contributed by atoms with van der Waals surface area (Å²) in [4.78, 5) is 24.3. The zero-order valence-electron chi connectivity index (χ0n) is 12.9. The predicted molar refractivity (Wildman–Crippen MR) is 91.9 cm³/mol. The highest BCUT2D eigenvalue weighted by Crippen LogP contribution is 2.20. The van der Waals surface area contributed by atoms with E-state index in [0.717, 1.165) is 0 Å². The van der Waals surface area contributed by atoms with Gasteiger partial charge in [0.1, 0.15) is 6.54 Å². The molecule has 8 nitrogen and oxygen atoms in total. The molecule has 0 aliphatic heterocycles. The van der Waals surface area contributed by atoms with Crippen molar-refractivity contribution in [1.29, 1.82) is 0 Å². The zero-order chi connectivity index (χ0) is 17.8. The molecular weight excluding hydrogens is 344 g/mol. The van der Waals surface area contributed by atoms with Gasteiger partial charge >= 0.3 is 0 Å². The van der Waals surface area contributed by atoms with E-state index in [4.69, 9.17) is 17.3 Å². The molecule has 9 heteroatoms. The number of amides is 2. The summed E-state index contributed by atoms with van der Waals surface area (Å²) in [5.74, 6) is -0.512. The largest absolute Gasteiger partial charge is 0.366 e. The fourth-order valence-electron chi connectivity index (χ4n) is 2.09. The van der Waals surface area contributed by atoms with Gasteiger partial charge in [-0.15, -0.1) is 10.2 Å². The minimum Gasteiger partial charge on any atom is -0.366 e. The summed E-state index contributed by atoms with van der Waals surface area (Å²) in [6, 6.07) is 13.4. The topological polar surface area (TPSA) is 116 Å². The Morgan fingerprint density at radius 3 is 2.52 bits per heavy atom. The van der Waals surface area contributed by atoms with E-state index in [1.54, 1.807) is 48.5 Å². The van der Waals surface area contributed by atoms with Gasteiger partial charge < -0.3 is 11.1 Å². The lowest BCUT2D eigenvalue weighted by atomic mass is 10.1. The quantitative estimate of drug-likeness (QED) is 0.722. The lowest BCUT2D eigenvalue weighted by Crippen LogP contribution is -2.20. The van der Waals surface area contributed by atoms with Crippen molar-refractivity contribution >= 4 is 29.1 Å². The van der Waals surface area contributed by atoms with Crippen molar-refractivity contribution < 1.29 is 9.59 Å². The van der Waals surface area contributed by atoms with Gasteiger partial charge in [-0.3, -0.25) is 9.59 Å². The van der Waals surface area contributed by atoms with E-state index >= 15 is 0 Å². The molecule has 0 saturated heterocycles. The Morgan fingerprint density at radius 1 is 1.12 bits per heavy atom. The van der Waals surface area contributed by atoms with E-state index in [1.165, 1.54) is 4.80 Å². The van der Waals surface area contributed by atoms with Crippen LogP contribution in [0.3, 0.4) is 0 Å². The third-order valence-corrected chi connectivity index (χ3v) is 3.64. The average Bonchev–Trinajstić information content (AvgIpc) is 3.05. The molecule has 0 bridgehead atoms. The molecule has 3 N–H and O–H groups in total. The molecule has 126 valence electrons. The third-order valence-electron chi connectivity index (χ3n) is 3.31. The van der Waals surface area contributed by atoms with Gasteiger partial charge in [0, 0.05) is 11.1 Å². The average molecular weight is 357 g/mol. The van der Waals surface area contributed by atoms with Crippen LogP contribution in [0.5, 0.6) is 0 Å². The van der Waals surface area contributed by atoms with Gasteiger partial charge in [-0.25, -0.2) is 0 Å². The Bertz CT molecular complexity index is 922. The van der Waals surface area contributed by atoms with E-state index in [0.29, 0.717) is 27.7 Å². The molecule has 0 fully saturated rings. The Balaban J connectivity index is 1.68. The molecule has 0 aliphatic carbocycles. The van der Waals surface area contributed by atoms with Gasteiger partial charge in [0.15, 0.2) is 0 Å². The number of para-hydroxylation sites is 1. The first-order valence-corrected chi connectivity index (χ1v) is 7.63. The molecule has 0 saturated carbocycles. The van der Waals surface area contributed by atoms with E-state index in [-0.39, 0.29) is 12.5 Å². The molecule has 0 spiro atoms. The van der Waals surface area contributed by atoms with Crippen LogP contribution in [0, 0.1) is 0 Å². The fraction of sp³-hybridized carbons (Fsp3) is 0.0625. The number of hydrogen-bond donors (Lipinski definition) is 2. The summed E-state index contributed by atoms with van der Waals surface area (Å²) in [5, 5.41) is 15.0. The van der Waals surface area contributed by atoms with Crippen molar-refractivity contribution in [2.45, 2.75) is 6.54 Å². The summed E-state index contributed by atoms with van der Waals surface area (Å²) in [7, 11) is 0. The number of hydrogen-bond acceptors (Lipinski definition) is 5. The van der Waals surface area contributed by atoms with Gasteiger partial charge in [-0.1, -0.05) is 35.9 Å². The number of carbonyl (C=O) groups is 2. The number of benzene rings is 2. The van der Waals surface area contributed by atoms with Crippen LogP contribution in [-0.2, 0) is 11.3 Å². The molecule has 1 aromatic heterocycles. The van der Waals surface area contributed by atoms with Crippen molar-refractivity contribution in [3.05, 3.63) is 59.1 Å². The van der Waals surface area contributed by atoms with Crippen molar-refractivity contribution in [2.24, 2.45) is 5.73 Å². The lowest BCUT2D eigenvalue weighted by molar-refractivity contribution is -0.117. The minimum atomic E-state index is -0.514. The van der Waals surface area contributed by atoms with E-state index in [1.807, 2.05) is 0 Å². The van der Waals surface area contributed by atoms with Crippen molar-refractivity contribution in [2.75, 3.05) is 5.32 Å². The van der Waals surface area contributed by atoms with Crippen LogP contribution in [0.1, 0.15) is 10.4 Å². The van der Waals surface area contributed by atoms with Gasteiger partial charge in [0.2, 0.25) is 17.6 Å². The zero-order valence-corrected chi connectivity index (χ0v) is 13.6. The van der Waals surface area contributed by atoms with Gasteiger partial charge in [0.05, 0.1) is 10.7 Å². The Labute approximate surface area is 147 Å². The summed E-state index contributed by atoms with van der Waals surface area (Å²) in [5.41, 5.74) is 6.75. The molecule has 0 unspecified atom stereocenters. The summed E-state index contributed by atoms with van der Waals surface area (Å²) in [6.07, 6.45) is 0. The standard InChI is InChI=1S/C16H13ClN6O2/c17-12-3-1-2-4-13(12)19-14(24)9-23-21-16(20-22-23)11-7-5-10(6-8-11)15(18)25/h1-8H,9H2,(H2,18,25)(H,19,24). The number of nitrogens with zero attached hydrogens (tertiary/aromatic N) is 4. The monoisotopic (exact) mass is 356 g/mol. The number of primary amides is 1. The highest BCUT2D eigenvalue weighted by Gasteiger charge is 2.11. The number of carbonyl (C=O) groups excluding carboxylic acids is 2. The number of nitrogens with one attached hydrogen (secondary N) is 1. The van der Waals surface area contributed by atoms with Crippen LogP contribution in [0.15, 0.2) is 48.5 Å². The SMILES string of the molecule is NC(=O)c1ccc(-c2nnn(CC(=O)Nc3ccccc3Cl)n2)cc1. The summed E-state index contributed by atoms with van der Waals surface area (Å²) in [6.45, 7) is -0.113. The van der Waals surface area contributed by atoms with Crippen LogP contribution >= 0.6 is 11.6 Å². The molecule has 25 heavy (non-hydrogen) atoms. The second kappa shape index (κ2) is 7.10. The molecule has 0 radical (unpaired) electrons. The predicted octanol–water partition coefficient (Wildman–Crippen LogP) is 1.73. The Morgan fingerprint density at radius 2 is 1.84 bits per heavy atom. The maximum absolute atomic E-state index is 12.0. The Kier molecular flexibility index (Phi) is 4.71. The van der Waals surface area contributed by atoms with Gasteiger partial charge in [-0.2, -0.15) is 4.80 Å². The number of halogens is 1. The normalized spacial score (nSPS) is 10.4. The first-order chi connectivity index (χ1) is 12.0. The van der Waals surface area contributed by atoms with Crippen LogP contribution < -0.4 is 11.1 Å². The van der Waals surface area contributed by atoms with Crippen molar-refractivity contribution in [1.82, 2.24) is 20.2 Å². The highest BCUT2D eigenvalue weighted by molar-refractivity contribution is 6.33. The fourth-order valence-corrected chi connectivity index (χ4v) is 2.27. The molecule has 1 heterocycles. The Hall–Kier alpha value is -3.26. The number of nitrogens with two attached hydrogens (primary N) is 1. The molecule has 3 rings (SSSR count). The van der Waals surface area contributed by atoms with Crippen LogP contribution in [-0.4, -0.2) is 32.0 Å². The molecule has 2 amide bonds. The van der Waals surface area contributed by atoms with Crippen LogP contribution in [0.25, 0.3) is 11.4 Å². The molecule has 0 aliphatic rings. The first kappa shape index (κ1) is 16.6. The lowest BCUT2D eigenvalue weighted by Gasteiger charge is -2.05. The number of tetrazole rings is 1. The minimum absolute atomic E-state index is 0.113. The van der Waals surface area contributed by atoms with Crippen molar-refractivity contribution in [3.63, 3.8) is 0 Å². The first-order valence-electron chi connectivity index (χ1n) is 7.25. The molecule has 0 atom stereocenters. The summed E-state index contributed by atoms with van der Waals surface area (Å²) >= 11 is 5.99. The van der Waals surface area contributed by atoms with Crippen molar-refractivity contribution in [3.8, 4) is 11.4 Å². The molecule has 2 aromatic carbocycles. The molecule has 3 aromatic rings. The maximum Gasteiger partial charge on any atom is 0.248 e. The second-order valence-electron chi connectivity index (χ2n) is 5.11. The highest BCUT2D eigenvalue weighted by atomic mass is 35.5. The van der Waals surface area contributed by atoms with Crippen LogP contribution in [0.4, 0.5) is 5.69 Å². The maximum atomic E-state index is 12.0. The number of rotatable bonds is 5. The van der Waals surface area contributed by atoms with Gasteiger partial charge in [-0.05, 0) is 29.5 Å².